The molecule has 2 rings (SSSR count). The van der Waals surface area contributed by atoms with E-state index < -0.39 is 0 Å². The molecule has 0 saturated carbocycles. The molecule has 3 nitrogen and oxygen atoms in total. The second-order valence-corrected chi connectivity index (χ2v) is 4.45. The van der Waals surface area contributed by atoms with Gasteiger partial charge in [-0.3, -0.25) is 0 Å². The van der Waals surface area contributed by atoms with E-state index in [0.29, 0.717) is 17.1 Å². The Hall–Kier alpha value is -2.00. The van der Waals surface area contributed by atoms with E-state index in [1.54, 1.807) is 6.07 Å². The first-order valence-corrected chi connectivity index (χ1v) is 6.24. The highest BCUT2D eigenvalue weighted by molar-refractivity contribution is 6.30. The SMILES string of the molecule is COC(=O)c1ccccc1CNc1ccc(Cl)cc1. The first kappa shape index (κ1) is 13.4. The highest BCUT2D eigenvalue weighted by Crippen LogP contribution is 2.16. The zero-order valence-electron chi connectivity index (χ0n) is 10.5. The van der Waals surface area contributed by atoms with E-state index in [1.807, 2.05) is 42.5 Å². The highest BCUT2D eigenvalue weighted by atomic mass is 35.5. The summed E-state index contributed by atoms with van der Waals surface area (Å²) in [6.45, 7) is 0.549. The maximum atomic E-state index is 11.6. The number of hydrogen-bond acceptors (Lipinski definition) is 3. The van der Waals surface area contributed by atoms with Crippen molar-refractivity contribution in [3.63, 3.8) is 0 Å². The second kappa shape index (κ2) is 6.25. The van der Waals surface area contributed by atoms with Crippen molar-refractivity contribution >= 4 is 23.3 Å². The Labute approximate surface area is 117 Å². The summed E-state index contributed by atoms with van der Waals surface area (Å²) in [5.41, 5.74) is 2.42. The number of nitrogens with one attached hydrogen (secondary N) is 1. The van der Waals surface area contributed by atoms with Crippen LogP contribution in [0.1, 0.15) is 15.9 Å². The Morgan fingerprint density at radius 1 is 1.16 bits per heavy atom. The summed E-state index contributed by atoms with van der Waals surface area (Å²) in [5, 5.41) is 3.94. The summed E-state index contributed by atoms with van der Waals surface area (Å²) < 4.78 is 4.76. The van der Waals surface area contributed by atoms with Crippen molar-refractivity contribution in [3.8, 4) is 0 Å². The molecule has 0 amide bonds. The maximum Gasteiger partial charge on any atom is 0.338 e. The number of carbonyl (C=O) groups is 1. The fourth-order valence-corrected chi connectivity index (χ4v) is 1.87. The van der Waals surface area contributed by atoms with Crippen molar-refractivity contribution in [1.82, 2.24) is 0 Å². The van der Waals surface area contributed by atoms with Crippen LogP contribution in [-0.4, -0.2) is 13.1 Å². The van der Waals surface area contributed by atoms with Gasteiger partial charge in [0.25, 0.3) is 0 Å². The van der Waals surface area contributed by atoms with Gasteiger partial charge in [0.15, 0.2) is 0 Å². The van der Waals surface area contributed by atoms with Gasteiger partial charge in [-0.05, 0) is 35.9 Å². The maximum absolute atomic E-state index is 11.6. The topological polar surface area (TPSA) is 38.3 Å². The Kier molecular flexibility index (Phi) is 4.42. The van der Waals surface area contributed by atoms with E-state index in [0.717, 1.165) is 11.3 Å². The predicted molar refractivity (Wildman–Crippen MR) is 76.6 cm³/mol. The van der Waals surface area contributed by atoms with Gasteiger partial charge in [-0.25, -0.2) is 4.79 Å². The standard InChI is InChI=1S/C15H14ClNO2/c1-19-15(18)14-5-3-2-4-11(14)10-17-13-8-6-12(16)7-9-13/h2-9,17H,10H2,1H3. The Morgan fingerprint density at radius 2 is 1.84 bits per heavy atom. The van der Waals surface area contributed by atoms with Crippen molar-refractivity contribution < 1.29 is 9.53 Å². The smallest absolute Gasteiger partial charge is 0.338 e. The fraction of sp³-hybridized carbons (Fsp3) is 0.133. The van der Waals surface area contributed by atoms with Crippen LogP contribution < -0.4 is 5.32 Å². The van der Waals surface area contributed by atoms with Gasteiger partial charge in [-0.1, -0.05) is 29.8 Å². The molecule has 98 valence electrons. The van der Waals surface area contributed by atoms with Crippen molar-refractivity contribution in [2.45, 2.75) is 6.54 Å². The molecule has 1 N–H and O–H groups in total. The normalized spacial score (nSPS) is 10.0. The molecule has 0 aromatic heterocycles. The first-order valence-electron chi connectivity index (χ1n) is 5.86. The van der Waals surface area contributed by atoms with E-state index >= 15 is 0 Å². The molecule has 0 saturated heterocycles. The molecule has 0 aliphatic heterocycles. The average Bonchev–Trinajstić information content (AvgIpc) is 2.46. The number of methoxy groups -OCH3 is 1. The quantitative estimate of drug-likeness (QED) is 0.864. The minimum atomic E-state index is -0.325. The van der Waals surface area contributed by atoms with Crippen molar-refractivity contribution in [2.24, 2.45) is 0 Å². The molecule has 0 spiro atoms. The molecule has 19 heavy (non-hydrogen) atoms. The van der Waals surface area contributed by atoms with E-state index in [4.69, 9.17) is 16.3 Å². The molecule has 4 heteroatoms. The Bertz CT molecular complexity index is 567. The van der Waals surface area contributed by atoms with Crippen LogP contribution in [-0.2, 0) is 11.3 Å². The highest BCUT2D eigenvalue weighted by Gasteiger charge is 2.10. The van der Waals surface area contributed by atoms with Crippen LogP contribution in [0.3, 0.4) is 0 Å². The van der Waals surface area contributed by atoms with Crippen molar-refractivity contribution in [2.75, 3.05) is 12.4 Å². The van der Waals surface area contributed by atoms with Gasteiger partial charge in [-0.15, -0.1) is 0 Å². The lowest BCUT2D eigenvalue weighted by atomic mass is 10.1. The summed E-state index contributed by atoms with van der Waals surface area (Å²) in [6.07, 6.45) is 0. The minimum Gasteiger partial charge on any atom is -0.465 e. The van der Waals surface area contributed by atoms with Crippen LogP contribution in [0.25, 0.3) is 0 Å². The van der Waals surface area contributed by atoms with Crippen LogP contribution in [0.15, 0.2) is 48.5 Å². The third kappa shape index (κ3) is 3.48. The lowest BCUT2D eigenvalue weighted by Crippen LogP contribution is -2.08. The van der Waals surface area contributed by atoms with E-state index in [2.05, 4.69) is 5.32 Å². The third-order valence-electron chi connectivity index (χ3n) is 2.75. The molecule has 0 radical (unpaired) electrons. The zero-order chi connectivity index (χ0) is 13.7. The van der Waals surface area contributed by atoms with Gasteiger partial charge in [0, 0.05) is 17.3 Å². The molecule has 0 aliphatic rings. The lowest BCUT2D eigenvalue weighted by molar-refractivity contribution is 0.0599. The van der Waals surface area contributed by atoms with Gasteiger partial charge >= 0.3 is 5.97 Å². The molecule has 0 aliphatic carbocycles. The van der Waals surface area contributed by atoms with E-state index in [1.165, 1.54) is 7.11 Å². The molecule has 0 unspecified atom stereocenters. The van der Waals surface area contributed by atoms with Gasteiger partial charge in [0.1, 0.15) is 0 Å². The number of carbonyl (C=O) groups excluding carboxylic acids is 1. The Morgan fingerprint density at radius 3 is 2.53 bits per heavy atom. The molecule has 2 aromatic rings. The van der Waals surface area contributed by atoms with E-state index in [9.17, 15) is 4.79 Å². The summed E-state index contributed by atoms with van der Waals surface area (Å²) in [5.74, 6) is -0.325. The predicted octanol–water partition coefficient (Wildman–Crippen LogP) is 3.74. The largest absolute Gasteiger partial charge is 0.465 e. The van der Waals surface area contributed by atoms with Crippen LogP contribution in [0.5, 0.6) is 0 Å². The lowest BCUT2D eigenvalue weighted by Gasteiger charge is -2.10. The Balaban J connectivity index is 2.11. The molecule has 0 bridgehead atoms. The van der Waals surface area contributed by atoms with Crippen LogP contribution >= 0.6 is 11.6 Å². The molecular formula is C15H14ClNO2. The molecule has 0 fully saturated rings. The second-order valence-electron chi connectivity index (χ2n) is 4.01. The summed E-state index contributed by atoms with van der Waals surface area (Å²) >= 11 is 5.83. The number of anilines is 1. The molecule has 0 heterocycles. The van der Waals surface area contributed by atoms with Crippen molar-refractivity contribution in [3.05, 3.63) is 64.7 Å². The summed E-state index contributed by atoms with van der Waals surface area (Å²) in [6, 6.07) is 14.8. The van der Waals surface area contributed by atoms with Crippen LogP contribution in [0.2, 0.25) is 5.02 Å². The molecular weight excluding hydrogens is 262 g/mol. The van der Waals surface area contributed by atoms with Gasteiger partial charge in [0.05, 0.1) is 12.7 Å². The molecule has 0 atom stereocenters. The van der Waals surface area contributed by atoms with Gasteiger partial charge in [0.2, 0.25) is 0 Å². The summed E-state index contributed by atoms with van der Waals surface area (Å²) in [7, 11) is 1.38. The van der Waals surface area contributed by atoms with Gasteiger partial charge in [-0.2, -0.15) is 0 Å². The van der Waals surface area contributed by atoms with E-state index in [-0.39, 0.29) is 5.97 Å². The number of hydrogen-bond donors (Lipinski definition) is 1. The number of rotatable bonds is 4. The third-order valence-corrected chi connectivity index (χ3v) is 3.00. The van der Waals surface area contributed by atoms with Crippen LogP contribution in [0.4, 0.5) is 5.69 Å². The number of halogens is 1. The number of esters is 1. The average molecular weight is 276 g/mol. The number of benzene rings is 2. The van der Waals surface area contributed by atoms with Crippen LogP contribution in [0, 0.1) is 0 Å². The molecule has 2 aromatic carbocycles. The van der Waals surface area contributed by atoms with Crippen molar-refractivity contribution in [1.29, 1.82) is 0 Å². The fourth-order valence-electron chi connectivity index (χ4n) is 1.75. The number of ether oxygens (including phenoxy) is 1. The zero-order valence-corrected chi connectivity index (χ0v) is 11.3. The minimum absolute atomic E-state index is 0.325. The van der Waals surface area contributed by atoms with Gasteiger partial charge < -0.3 is 10.1 Å². The summed E-state index contributed by atoms with van der Waals surface area (Å²) in [4.78, 5) is 11.6. The first-order chi connectivity index (χ1) is 9.20. The monoisotopic (exact) mass is 275 g/mol.